The van der Waals surface area contributed by atoms with E-state index in [4.69, 9.17) is 0 Å². The molecule has 0 saturated heterocycles. The fraction of sp³-hybridized carbons (Fsp3) is 0.208. The summed E-state index contributed by atoms with van der Waals surface area (Å²) in [4.78, 5) is 18.9. The van der Waals surface area contributed by atoms with Crippen LogP contribution < -0.4 is 10.6 Å². The molecule has 31 heavy (non-hydrogen) atoms. The normalized spacial score (nSPS) is 11.1. The number of nitrogens with zero attached hydrogens (tertiary/aromatic N) is 3. The second-order valence-electron chi connectivity index (χ2n) is 6.90. The topological polar surface area (TPSA) is 81.1 Å². The molecule has 0 bridgehead atoms. The molecule has 158 valence electrons. The van der Waals surface area contributed by atoms with E-state index >= 15 is 0 Å². The Morgan fingerprint density at radius 2 is 2.00 bits per heavy atom. The smallest absolute Gasteiger partial charge is 0.248 e. The lowest BCUT2D eigenvalue weighted by Gasteiger charge is -2.14. The SMILES string of the molecule is CCN(CC)CC=CC(=O)Nc1ccc2ncc(C#N)c(Nc3cccc(Br)c3)c2c1. The maximum atomic E-state index is 12.3. The van der Waals surface area contributed by atoms with Gasteiger partial charge < -0.3 is 15.5 Å². The summed E-state index contributed by atoms with van der Waals surface area (Å²) in [5.41, 5.74) is 3.28. The Balaban J connectivity index is 1.87. The highest BCUT2D eigenvalue weighted by molar-refractivity contribution is 9.10. The Morgan fingerprint density at radius 3 is 2.71 bits per heavy atom. The molecular formula is C24H24BrN5O. The molecule has 2 N–H and O–H groups in total. The molecule has 0 atom stereocenters. The van der Waals surface area contributed by atoms with Gasteiger partial charge in [-0.3, -0.25) is 9.78 Å². The van der Waals surface area contributed by atoms with Crippen molar-refractivity contribution in [1.82, 2.24) is 9.88 Å². The van der Waals surface area contributed by atoms with E-state index in [9.17, 15) is 10.1 Å². The number of likely N-dealkylation sites (N-methyl/N-ethyl adjacent to an activating group) is 1. The Bertz CT molecular complexity index is 1150. The first-order valence-corrected chi connectivity index (χ1v) is 10.9. The molecule has 0 aliphatic heterocycles. The summed E-state index contributed by atoms with van der Waals surface area (Å²) in [5.74, 6) is -0.197. The Morgan fingerprint density at radius 1 is 1.19 bits per heavy atom. The molecule has 1 amide bonds. The molecule has 0 saturated carbocycles. The van der Waals surface area contributed by atoms with Crippen molar-refractivity contribution in [3.63, 3.8) is 0 Å². The second-order valence-corrected chi connectivity index (χ2v) is 7.82. The number of amides is 1. The summed E-state index contributed by atoms with van der Waals surface area (Å²) in [6.45, 7) is 6.80. The Labute approximate surface area is 190 Å². The van der Waals surface area contributed by atoms with Crippen LogP contribution in [0.4, 0.5) is 17.1 Å². The number of hydrogen-bond donors (Lipinski definition) is 2. The van der Waals surface area contributed by atoms with Crippen molar-refractivity contribution in [2.45, 2.75) is 13.8 Å². The van der Waals surface area contributed by atoms with Gasteiger partial charge >= 0.3 is 0 Å². The van der Waals surface area contributed by atoms with Crippen molar-refractivity contribution in [2.24, 2.45) is 0 Å². The van der Waals surface area contributed by atoms with Gasteiger partial charge in [0.05, 0.1) is 16.8 Å². The minimum absolute atomic E-state index is 0.197. The van der Waals surface area contributed by atoms with Gasteiger partial charge in [0, 0.05) is 40.1 Å². The molecule has 1 heterocycles. The van der Waals surface area contributed by atoms with Gasteiger partial charge in [0.25, 0.3) is 0 Å². The number of hydrogen-bond acceptors (Lipinski definition) is 5. The van der Waals surface area contributed by atoms with Gasteiger partial charge in [-0.2, -0.15) is 5.26 Å². The van der Waals surface area contributed by atoms with Crippen molar-refractivity contribution in [3.8, 4) is 6.07 Å². The molecule has 0 spiro atoms. The van der Waals surface area contributed by atoms with E-state index < -0.39 is 0 Å². The van der Waals surface area contributed by atoms with Crippen molar-refractivity contribution >= 4 is 49.8 Å². The molecule has 3 aromatic rings. The number of carbonyl (C=O) groups is 1. The van der Waals surface area contributed by atoms with E-state index in [1.54, 1.807) is 18.3 Å². The molecule has 0 aliphatic rings. The number of nitriles is 1. The minimum Gasteiger partial charge on any atom is -0.354 e. The van der Waals surface area contributed by atoms with Crippen LogP contribution in [0.5, 0.6) is 0 Å². The van der Waals surface area contributed by atoms with Gasteiger partial charge in [0.2, 0.25) is 5.91 Å². The second kappa shape index (κ2) is 10.7. The number of rotatable bonds is 8. The van der Waals surface area contributed by atoms with Crippen LogP contribution in [-0.2, 0) is 4.79 Å². The number of fused-ring (bicyclic) bond motifs is 1. The van der Waals surface area contributed by atoms with E-state index in [0.29, 0.717) is 16.9 Å². The number of aromatic nitrogens is 1. The van der Waals surface area contributed by atoms with Crippen molar-refractivity contribution in [2.75, 3.05) is 30.3 Å². The van der Waals surface area contributed by atoms with Crippen molar-refractivity contribution in [1.29, 1.82) is 5.26 Å². The number of pyridine rings is 1. The highest BCUT2D eigenvalue weighted by Crippen LogP contribution is 2.31. The maximum Gasteiger partial charge on any atom is 0.248 e. The quantitative estimate of drug-likeness (QED) is 0.421. The van der Waals surface area contributed by atoms with Gasteiger partial charge in [0.15, 0.2) is 0 Å². The maximum absolute atomic E-state index is 12.3. The summed E-state index contributed by atoms with van der Waals surface area (Å²) in [6.07, 6.45) is 4.96. The molecule has 7 heteroatoms. The predicted octanol–water partition coefficient (Wildman–Crippen LogP) is 5.45. The lowest BCUT2D eigenvalue weighted by molar-refractivity contribution is -0.111. The zero-order valence-electron chi connectivity index (χ0n) is 17.5. The summed E-state index contributed by atoms with van der Waals surface area (Å²) in [5, 5.41) is 16.6. The van der Waals surface area contributed by atoms with Crippen LogP contribution in [0.2, 0.25) is 0 Å². The molecule has 0 radical (unpaired) electrons. The van der Waals surface area contributed by atoms with Gasteiger partial charge in [-0.25, -0.2) is 0 Å². The highest BCUT2D eigenvalue weighted by Gasteiger charge is 2.11. The number of benzene rings is 2. The number of carbonyl (C=O) groups excluding carboxylic acids is 1. The van der Waals surface area contributed by atoms with Crippen LogP contribution in [0.15, 0.2) is 65.3 Å². The Hall–Kier alpha value is -3.21. The number of anilines is 3. The van der Waals surface area contributed by atoms with E-state index in [2.05, 4.69) is 56.4 Å². The molecule has 0 fully saturated rings. The third-order valence-corrected chi connectivity index (χ3v) is 5.37. The molecule has 3 rings (SSSR count). The molecular weight excluding hydrogens is 454 g/mol. The molecule has 6 nitrogen and oxygen atoms in total. The number of nitrogens with one attached hydrogen (secondary N) is 2. The highest BCUT2D eigenvalue weighted by atomic mass is 79.9. The Kier molecular flexibility index (Phi) is 7.76. The number of halogens is 1. The zero-order valence-corrected chi connectivity index (χ0v) is 19.1. The van der Waals surface area contributed by atoms with Crippen LogP contribution in [0.3, 0.4) is 0 Å². The first-order chi connectivity index (χ1) is 15.0. The largest absolute Gasteiger partial charge is 0.354 e. The average Bonchev–Trinajstić information content (AvgIpc) is 2.77. The summed E-state index contributed by atoms with van der Waals surface area (Å²) < 4.78 is 0.929. The summed E-state index contributed by atoms with van der Waals surface area (Å²) >= 11 is 3.46. The van der Waals surface area contributed by atoms with Crippen LogP contribution >= 0.6 is 15.9 Å². The van der Waals surface area contributed by atoms with Crippen LogP contribution in [0, 0.1) is 11.3 Å². The van der Waals surface area contributed by atoms with E-state index in [1.807, 2.05) is 42.5 Å². The van der Waals surface area contributed by atoms with Crippen LogP contribution in [0.25, 0.3) is 10.9 Å². The lowest BCUT2D eigenvalue weighted by Crippen LogP contribution is -2.23. The van der Waals surface area contributed by atoms with Crippen LogP contribution in [-0.4, -0.2) is 35.4 Å². The zero-order chi connectivity index (χ0) is 22.2. The average molecular weight is 478 g/mol. The van der Waals surface area contributed by atoms with E-state index in [0.717, 1.165) is 40.7 Å². The fourth-order valence-electron chi connectivity index (χ4n) is 3.17. The molecule has 1 aromatic heterocycles. The summed E-state index contributed by atoms with van der Waals surface area (Å²) in [6, 6.07) is 15.4. The van der Waals surface area contributed by atoms with Crippen molar-refractivity contribution in [3.05, 3.63) is 70.8 Å². The summed E-state index contributed by atoms with van der Waals surface area (Å²) in [7, 11) is 0. The van der Waals surface area contributed by atoms with Gasteiger partial charge in [-0.15, -0.1) is 0 Å². The molecule has 2 aromatic carbocycles. The molecule has 0 aliphatic carbocycles. The van der Waals surface area contributed by atoms with Gasteiger partial charge in [-0.1, -0.05) is 41.9 Å². The minimum atomic E-state index is -0.197. The third-order valence-electron chi connectivity index (χ3n) is 4.88. The molecule has 0 unspecified atom stereocenters. The van der Waals surface area contributed by atoms with E-state index in [-0.39, 0.29) is 5.91 Å². The lowest BCUT2D eigenvalue weighted by atomic mass is 10.1. The predicted molar refractivity (Wildman–Crippen MR) is 129 cm³/mol. The standard InChI is InChI=1S/C24H24BrN5O/c1-3-30(4-2)12-6-9-23(31)28-20-10-11-22-21(14-20)24(17(15-26)16-27-22)29-19-8-5-7-18(25)13-19/h5-11,13-14,16H,3-4,12H2,1-2H3,(H,27,29)(H,28,31). The van der Waals surface area contributed by atoms with E-state index in [1.165, 1.54) is 0 Å². The van der Waals surface area contributed by atoms with Gasteiger partial charge in [-0.05, 0) is 49.5 Å². The van der Waals surface area contributed by atoms with Gasteiger partial charge in [0.1, 0.15) is 6.07 Å². The van der Waals surface area contributed by atoms with Crippen molar-refractivity contribution < 1.29 is 4.79 Å². The third kappa shape index (κ3) is 5.91. The fourth-order valence-corrected chi connectivity index (χ4v) is 3.57. The van der Waals surface area contributed by atoms with Crippen LogP contribution in [0.1, 0.15) is 19.4 Å². The first-order valence-electron chi connectivity index (χ1n) is 10.1. The first kappa shape index (κ1) is 22.5. The monoisotopic (exact) mass is 477 g/mol.